The number of halogens is 1. The molecule has 6 aromatic rings. The lowest BCUT2D eigenvalue weighted by molar-refractivity contribution is 0.667. The van der Waals surface area contributed by atoms with E-state index in [4.69, 9.17) is 11.6 Å². The highest BCUT2D eigenvalue weighted by Gasteiger charge is 2.41. The largest absolute Gasteiger partial charge is 0.135 e. The summed E-state index contributed by atoms with van der Waals surface area (Å²) in [5, 5.41) is 3.49. The molecule has 0 amide bonds. The Labute approximate surface area is 214 Å². The van der Waals surface area contributed by atoms with Crippen molar-refractivity contribution in [3.8, 4) is 33.4 Å². The van der Waals surface area contributed by atoms with Gasteiger partial charge in [0, 0.05) is 30.6 Å². The first-order valence-corrected chi connectivity index (χ1v) is 13.2. The molecule has 2 heteroatoms. The number of hydrogen-bond acceptors (Lipinski definition) is 1. The van der Waals surface area contributed by atoms with Crippen molar-refractivity contribution in [2.45, 2.75) is 19.3 Å². The van der Waals surface area contributed by atoms with Crippen LogP contribution in [-0.2, 0) is 5.41 Å². The maximum Gasteiger partial charge on any atom is 0.0409 e. The fraction of sp³-hybridized carbons (Fsp3) is 0.0909. The minimum atomic E-state index is -0.159. The summed E-state index contributed by atoms with van der Waals surface area (Å²) in [6.45, 7) is 4.71. The summed E-state index contributed by atoms with van der Waals surface area (Å²) in [4.78, 5) is 0. The van der Waals surface area contributed by atoms with Gasteiger partial charge in [-0.1, -0.05) is 110 Å². The first-order chi connectivity index (χ1) is 17.1. The second kappa shape index (κ2) is 7.55. The second-order valence-corrected chi connectivity index (χ2v) is 11.3. The molecule has 0 spiro atoms. The van der Waals surface area contributed by atoms with Crippen LogP contribution in [0.15, 0.2) is 103 Å². The fourth-order valence-electron chi connectivity index (χ4n) is 6.00. The van der Waals surface area contributed by atoms with E-state index in [0.717, 1.165) is 5.02 Å². The number of rotatable bonds is 2. The van der Waals surface area contributed by atoms with Gasteiger partial charge in [-0.15, -0.1) is 11.3 Å². The first kappa shape index (κ1) is 20.9. The molecule has 7 rings (SSSR count). The molecular formula is C33H23ClS. The molecule has 0 N–H and O–H groups in total. The Kier molecular flexibility index (Phi) is 4.52. The van der Waals surface area contributed by atoms with Gasteiger partial charge in [0.05, 0.1) is 0 Å². The number of thiophene rings is 1. The Morgan fingerprint density at radius 1 is 0.657 bits per heavy atom. The van der Waals surface area contributed by atoms with Crippen LogP contribution < -0.4 is 0 Å². The van der Waals surface area contributed by atoms with Gasteiger partial charge >= 0.3 is 0 Å². The Morgan fingerprint density at radius 3 is 2.00 bits per heavy atom. The van der Waals surface area contributed by atoms with Crippen molar-refractivity contribution in [1.29, 1.82) is 0 Å². The summed E-state index contributed by atoms with van der Waals surface area (Å²) in [6, 6.07) is 37.1. The molecule has 0 bridgehead atoms. The molecule has 168 valence electrons. The van der Waals surface area contributed by atoms with E-state index in [-0.39, 0.29) is 5.41 Å². The third kappa shape index (κ3) is 2.92. The van der Waals surface area contributed by atoms with Gasteiger partial charge in [0.1, 0.15) is 0 Å². The smallest absolute Gasteiger partial charge is 0.0409 e. The van der Waals surface area contributed by atoms with Gasteiger partial charge in [-0.2, -0.15) is 0 Å². The lowest BCUT2D eigenvalue weighted by Crippen LogP contribution is -2.15. The van der Waals surface area contributed by atoms with E-state index in [1.54, 1.807) is 0 Å². The summed E-state index contributed by atoms with van der Waals surface area (Å²) < 4.78 is 2.72. The topological polar surface area (TPSA) is 0 Å². The van der Waals surface area contributed by atoms with Gasteiger partial charge in [-0.05, 0) is 62.7 Å². The van der Waals surface area contributed by atoms with Gasteiger partial charge in [-0.25, -0.2) is 0 Å². The predicted molar refractivity (Wildman–Crippen MR) is 153 cm³/mol. The van der Waals surface area contributed by atoms with E-state index in [9.17, 15) is 0 Å². The van der Waals surface area contributed by atoms with Crippen LogP contribution in [-0.4, -0.2) is 0 Å². The van der Waals surface area contributed by atoms with Crippen molar-refractivity contribution in [2.75, 3.05) is 0 Å². The molecule has 0 unspecified atom stereocenters. The second-order valence-electron chi connectivity index (χ2n) is 9.85. The highest BCUT2D eigenvalue weighted by atomic mass is 35.5. The van der Waals surface area contributed by atoms with Crippen molar-refractivity contribution in [2.24, 2.45) is 0 Å². The van der Waals surface area contributed by atoms with Crippen molar-refractivity contribution in [1.82, 2.24) is 0 Å². The Balaban J connectivity index is 1.80. The molecule has 1 aliphatic carbocycles. The monoisotopic (exact) mass is 486 g/mol. The molecule has 0 aliphatic heterocycles. The van der Waals surface area contributed by atoms with Crippen molar-refractivity contribution in [3.63, 3.8) is 0 Å². The van der Waals surface area contributed by atoms with Crippen LogP contribution in [0.2, 0.25) is 5.02 Å². The van der Waals surface area contributed by atoms with Gasteiger partial charge in [0.2, 0.25) is 0 Å². The lowest BCUT2D eigenvalue weighted by atomic mass is 9.79. The maximum atomic E-state index is 6.56. The van der Waals surface area contributed by atoms with Gasteiger partial charge in [-0.3, -0.25) is 0 Å². The third-order valence-electron chi connectivity index (χ3n) is 7.50. The van der Waals surface area contributed by atoms with Crippen LogP contribution in [0.5, 0.6) is 0 Å². The fourth-order valence-corrected chi connectivity index (χ4v) is 7.59. The van der Waals surface area contributed by atoms with Crippen LogP contribution in [0.3, 0.4) is 0 Å². The molecule has 1 aliphatic rings. The molecule has 0 atom stereocenters. The lowest BCUT2D eigenvalue weighted by Gasteiger charge is -2.24. The van der Waals surface area contributed by atoms with E-state index < -0.39 is 0 Å². The van der Waals surface area contributed by atoms with Gasteiger partial charge < -0.3 is 0 Å². The van der Waals surface area contributed by atoms with Crippen LogP contribution in [0.1, 0.15) is 25.0 Å². The molecular weight excluding hydrogens is 464 g/mol. The summed E-state index contributed by atoms with van der Waals surface area (Å²) >= 11 is 8.49. The zero-order valence-corrected chi connectivity index (χ0v) is 21.2. The van der Waals surface area contributed by atoms with Crippen LogP contribution in [0, 0.1) is 0 Å². The van der Waals surface area contributed by atoms with E-state index in [1.165, 1.54) is 64.7 Å². The van der Waals surface area contributed by atoms with Gasteiger partial charge in [0.25, 0.3) is 0 Å². The van der Waals surface area contributed by atoms with Crippen LogP contribution >= 0.6 is 22.9 Å². The minimum absolute atomic E-state index is 0.159. The summed E-state index contributed by atoms with van der Waals surface area (Å²) in [7, 11) is 0. The SMILES string of the molecule is CC1(C)c2cc(Cl)ccc2-c2c(-c3ccccc3)c(-c3ccccc3)c3c(sc4ccccc43)c21. The highest BCUT2D eigenvalue weighted by Crippen LogP contribution is 2.60. The number of hydrogen-bond donors (Lipinski definition) is 0. The Hall–Kier alpha value is -3.39. The zero-order chi connectivity index (χ0) is 23.7. The quantitative estimate of drug-likeness (QED) is 0.228. The molecule has 1 aromatic heterocycles. The Morgan fingerprint density at radius 2 is 1.29 bits per heavy atom. The summed E-state index contributed by atoms with van der Waals surface area (Å²) in [5.74, 6) is 0. The van der Waals surface area contributed by atoms with E-state index >= 15 is 0 Å². The molecule has 35 heavy (non-hydrogen) atoms. The van der Waals surface area contributed by atoms with Crippen LogP contribution in [0.4, 0.5) is 0 Å². The molecule has 0 radical (unpaired) electrons. The third-order valence-corrected chi connectivity index (χ3v) is 8.92. The van der Waals surface area contributed by atoms with Crippen molar-refractivity contribution in [3.05, 3.63) is 119 Å². The molecule has 0 saturated heterocycles. The van der Waals surface area contributed by atoms with Gasteiger partial charge in [0.15, 0.2) is 0 Å². The normalized spacial score (nSPS) is 13.8. The molecule has 5 aromatic carbocycles. The van der Waals surface area contributed by atoms with Crippen LogP contribution in [0.25, 0.3) is 53.6 Å². The number of benzene rings is 5. The maximum absolute atomic E-state index is 6.56. The summed E-state index contributed by atoms with van der Waals surface area (Å²) in [6.07, 6.45) is 0. The highest BCUT2D eigenvalue weighted by molar-refractivity contribution is 7.26. The number of fused-ring (bicyclic) bond motifs is 7. The first-order valence-electron chi connectivity index (χ1n) is 12.0. The zero-order valence-electron chi connectivity index (χ0n) is 19.6. The van der Waals surface area contributed by atoms with E-state index in [1.807, 2.05) is 17.4 Å². The standard InChI is InChI=1S/C33H23ClS/c1-33(2)25-19-22(34)17-18-23(25)29-27(20-11-5-3-6-12-20)28(21-13-7-4-8-14-21)30-24-15-9-10-16-26(24)35-32(30)31(29)33/h3-19H,1-2H3. The summed E-state index contributed by atoms with van der Waals surface area (Å²) in [5.41, 5.74) is 10.4. The Bertz CT molecular complexity index is 1760. The van der Waals surface area contributed by atoms with Crippen molar-refractivity contribution < 1.29 is 0 Å². The molecule has 0 fully saturated rings. The van der Waals surface area contributed by atoms with E-state index in [0.29, 0.717) is 0 Å². The van der Waals surface area contributed by atoms with Crippen molar-refractivity contribution >= 4 is 43.1 Å². The predicted octanol–water partition coefficient (Wildman–Crippen LogP) is 10.3. The minimum Gasteiger partial charge on any atom is -0.135 e. The average Bonchev–Trinajstić information content (AvgIpc) is 3.37. The van der Waals surface area contributed by atoms with E-state index in [2.05, 4.69) is 111 Å². The molecule has 0 nitrogen and oxygen atoms in total. The average molecular weight is 487 g/mol. The molecule has 0 saturated carbocycles. The molecule has 1 heterocycles.